The fourth-order valence-electron chi connectivity index (χ4n) is 4.61. The van der Waals surface area contributed by atoms with Crippen LogP contribution in [0.15, 0.2) is 114 Å². The minimum Gasteiger partial charge on any atom is -0.206 e. The third kappa shape index (κ3) is 5.54. The van der Waals surface area contributed by atoms with Crippen molar-refractivity contribution in [2.45, 2.75) is 12.6 Å². The highest BCUT2D eigenvalue weighted by atomic mass is 79.9. The summed E-state index contributed by atoms with van der Waals surface area (Å²) in [6.45, 7) is 0. The van der Waals surface area contributed by atoms with Crippen LogP contribution >= 0.6 is 27.5 Å². The first-order valence-electron chi connectivity index (χ1n) is 11.8. The molecule has 0 unspecified atom stereocenters. The van der Waals surface area contributed by atoms with Crippen LogP contribution in [0.5, 0.6) is 0 Å². The topological polar surface area (TPSA) is 0 Å². The van der Waals surface area contributed by atoms with E-state index in [0.717, 1.165) is 22.2 Å². The van der Waals surface area contributed by atoms with E-state index in [4.69, 9.17) is 11.6 Å². The molecule has 0 aromatic heterocycles. The Morgan fingerprint density at radius 1 is 0.658 bits per heavy atom. The van der Waals surface area contributed by atoms with E-state index in [1.165, 1.54) is 6.07 Å². The van der Waals surface area contributed by atoms with Crippen molar-refractivity contribution >= 4 is 27.5 Å². The van der Waals surface area contributed by atoms with Crippen molar-refractivity contribution in [2.75, 3.05) is 0 Å². The molecule has 0 radical (unpaired) electrons. The fraction of sp³-hybridized carbons (Fsp3) is 0.0625. The van der Waals surface area contributed by atoms with Crippen LogP contribution in [0.4, 0.5) is 17.6 Å². The molecule has 5 rings (SSSR count). The Morgan fingerprint density at radius 2 is 1.32 bits per heavy atom. The lowest BCUT2D eigenvalue weighted by Gasteiger charge is -2.21. The van der Waals surface area contributed by atoms with Gasteiger partial charge in [-0.15, -0.1) is 0 Å². The number of halogens is 6. The highest BCUT2D eigenvalue weighted by molar-refractivity contribution is 9.10. The molecule has 0 amide bonds. The van der Waals surface area contributed by atoms with E-state index in [1.54, 1.807) is 36.4 Å². The number of benzene rings is 5. The molecule has 0 saturated heterocycles. The second-order valence-corrected chi connectivity index (χ2v) is 10.3. The Labute approximate surface area is 231 Å². The molecule has 0 nitrogen and oxygen atoms in total. The summed E-state index contributed by atoms with van der Waals surface area (Å²) >= 11 is 9.73. The SMILES string of the molecule is Fc1c(-c2cccc(Cl)c2)cc(-c2cccc(C(F)(F)F)c2)c(-c2cccc(Br)c2)c1Cc1ccccc1. The largest absolute Gasteiger partial charge is 0.416 e. The van der Waals surface area contributed by atoms with Crippen molar-refractivity contribution in [3.05, 3.63) is 141 Å². The molecule has 0 spiro atoms. The quantitative estimate of drug-likeness (QED) is 0.177. The molecule has 0 fully saturated rings. The molecule has 38 heavy (non-hydrogen) atoms. The van der Waals surface area contributed by atoms with Gasteiger partial charge in [0.05, 0.1) is 5.56 Å². The van der Waals surface area contributed by atoms with Gasteiger partial charge in [0, 0.05) is 27.0 Å². The lowest BCUT2D eigenvalue weighted by Crippen LogP contribution is -2.06. The molecule has 0 N–H and O–H groups in total. The second-order valence-electron chi connectivity index (χ2n) is 8.90. The van der Waals surface area contributed by atoms with E-state index in [2.05, 4.69) is 15.9 Å². The minimum absolute atomic E-state index is 0.245. The average molecular weight is 596 g/mol. The first-order valence-corrected chi connectivity index (χ1v) is 13.0. The Balaban J connectivity index is 1.88. The van der Waals surface area contributed by atoms with Crippen LogP contribution in [-0.2, 0) is 12.6 Å². The summed E-state index contributed by atoms with van der Waals surface area (Å²) in [5, 5.41) is 0.434. The molecular formula is C32H20BrClF4. The van der Waals surface area contributed by atoms with Gasteiger partial charge in [0.25, 0.3) is 0 Å². The molecule has 5 aromatic rings. The molecule has 190 valence electrons. The van der Waals surface area contributed by atoms with Crippen LogP contribution < -0.4 is 0 Å². The smallest absolute Gasteiger partial charge is 0.206 e. The predicted molar refractivity (Wildman–Crippen MR) is 150 cm³/mol. The van der Waals surface area contributed by atoms with E-state index >= 15 is 4.39 Å². The van der Waals surface area contributed by atoms with Crippen molar-refractivity contribution in [3.63, 3.8) is 0 Å². The highest BCUT2D eigenvalue weighted by Crippen LogP contribution is 2.43. The lowest BCUT2D eigenvalue weighted by molar-refractivity contribution is -0.137. The van der Waals surface area contributed by atoms with Crippen molar-refractivity contribution in [3.8, 4) is 33.4 Å². The number of rotatable bonds is 5. The van der Waals surface area contributed by atoms with Crippen LogP contribution in [0.1, 0.15) is 16.7 Å². The van der Waals surface area contributed by atoms with Crippen LogP contribution in [0.2, 0.25) is 5.02 Å². The number of hydrogen-bond donors (Lipinski definition) is 0. The van der Waals surface area contributed by atoms with Gasteiger partial charge in [0.2, 0.25) is 0 Å². The van der Waals surface area contributed by atoms with Gasteiger partial charge in [0.15, 0.2) is 0 Å². The van der Waals surface area contributed by atoms with Crippen LogP contribution in [-0.4, -0.2) is 0 Å². The maximum absolute atomic E-state index is 16.6. The minimum atomic E-state index is -4.52. The highest BCUT2D eigenvalue weighted by Gasteiger charge is 2.31. The summed E-state index contributed by atoms with van der Waals surface area (Å²) in [4.78, 5) is 0. The summed E-state index contributed by atoms with van der Waals surface area (Å²) in [6.07, 6.45) is -4.27. The van der Waals surface area contributed by atoms with E-state index in [1.807, 2.05) is 54.6 Å². The monoisotopic (exact) mass is 594 g/mol. The maximum atomic E-state index is 16.6. The molecule has 5 aromatic carbocycles. The van der Waals surface area contributed by atoms with Gasteiger partial charge in [-0.1, -0.05) is 94.3 Å². The van der Waals surface area contributed by atoms with Crippen molar-refractivity contribution in [1.29, 1.82) is 0 Å². The maximum Gasteiger partial charge on any atom is 0.416 e. The Hall–Kier alpha value is -3.41. The number of hydrogen-bond acceptors (Lipinski definition) is 0. The van der Waals surface area contributed by atoms with Crippen molar-refractivity contribution < 1.29 is 17.6 Å². The van der Waals surface area contributed by atoms with Crippen LogP contribution in [0, 0.1) is 5.82 Å². The van der Waals surface area contributed by atoms with E-state index in [-0.39, 0.29) is 12.0 Å². The van der Waals surface area contributed by atoms with Crippen LogP contribution in [0.3, 0.4) is 0 Å². The fourth-order valence-corrected chi connectivity index (χ4v) is 5.20. The summed E-state index contributed by atoms with van der Waals surface area (Å²) in [7, 11) is 0. The summed E-state index contributed by atoms with van der Waals surface area (Å²) in [6, 6.07) is 30.4. The number of alkyl halides is 3. The Bertz CT molecular complexity index is 1610. The zero-order valence-electron chi connectivity index (χ0n) is 19.9. The molecule has 0 atom stereocenters. The summed E-state index contributed by atoms with van der Waals surface area (Å²) in [5.41, 5.74) is 3.37. The summed E-state index contributed by atoms with van der Waals surface area (Å²) < 4.78 is 58.4. The molecule has 0 aliphatic carbocycles. The zero-order valence-corrected chi connectivity index (χ0v) is 22.2. The lowest BCUT2D eigenvalue weighted by atomic mass is 9.84. The third-order valence-corrected chi connectivity index (χ3v) is 7.06. The van der Waals surface area contributed by atoms with Gasteiger partial charge in [-0.3, -0.25) is 0 Å². The van der Waals surface area contributed by atoms with Gasteiger partial charge in [-0.05, 0) is 75.8 Å². The third-order valence-electron chi connectivity index (χ3n) is 6.33. The van der Waals surface area contributed by atoms with Crippen molar-refractivity contribution in [1.82, 2.24) is 0 Å². The van der Waals surface area contributed by atoms with Crippen molar-refractivity contribution in [2.24, 2.45) is 0 Å². The molecule has 6 heteroatoms. The average Bonchev–Trinajstić information content (AvgIpc) is 2.90. The van der Waals surface area contributed by atoms with Gasteiger partial charge in [0.1, 0.15) is 5.82 Å². The van der Waals surface area contributed by atoms with Crippen LogP contribution in [0.25, 0.3) is 33.4 Å². The Kier molecular flexibility index (Phi) is 7.42. The first-order chi connectivity index (χ1) is 18.2. The zero-order chi connectivity index (χ0) is 26.9. The first kappa shape index (κ1) is 26.2. The summed E-state index contributed by atoms with van der Waals surface area (Å²) in [5.74, 6) is -0.443. The Morgan fingerprint density at radius 3 is 2.00 bits per heavy atom. The molecule has 0 aliphatic rings. The second kappa shape index (κ2) is 10.8. The van der Waals surface area contributed by atoms with E-state index in [9.17, 15) is 13.2 Å². The standard InChI is InChI=1S/C32H20BrClF4/c33-25-13-5-11-23(17-25)30-27(21-9-4-12-24(16-21)32(36,37)38)19-28(22-10-6-14-26(34)18-22)31(35)29(30)15-20-7-2-1-3-8-20/h1-14,16-19H,15H2. The molecule has 0 saturated carbocycles. The van der Waals surface area contributed by atoms with Gasteiger partial charge in [-0.25, -0.2) is 4.39 Å². The normalized spacial score (nSPS) is 11.5. The van der Waals surface area contributed by atoms with E-state index < -0.39 is 17.6 Å². The molecular weight excluding hydrogens is 576 g/mol. The predicted octanol–water partition coefficient (Wildman–Crippen LogP) is 10.9. The molecule has 0 aliphatic heterocycles. The van der Waals surface area contributed by atoms with Gasteiger partial charge < -0.3 is 0 Å². The molecule has 0 bridgehead atoms. The van der Waals surface area contributed by atoms with E-state index in [0.29, 0.717) is 38.4 Å². The van der Waals surface area contributed by atoms with Gasteiger partial charge in [-0.2, -0.15) is 13.2 Å². The van der Waals surface area contributed by atoms with Gasteiger partial charge >= 0.3 is 6.18 Å². The molecule has 0 heterocycles.